The summed E-state index contributed by atoms with van der Waals surface area (Å²) >= 11 is 0. The molecular weight excluding hydrogens is 394 g/mol. The van der Waals surface area contributed by atoms with Gasteiger partial charge in [0.2, 0.25) is 5.91 Å². The molecule has 2 amide bonds. The van der Waals surface area contributed by atoms with Crippen molar-refractivity contribution in [2.24, 2.45) is 5.92 Å². The van der Waals surface area contributed by atoms with Gasteiger partial charge in [-0.25, -0.2) is 9.07 Å². The highest BCUT2D eigenvalue weighted by Gasteiger charge is 2.43. The lowest BCUT2D eigenvalue weighted by molar-refractivity contribution is -0.143. The van der Waals surface area contributed by atoms with E-state index >= 15 is 0 Å². The molecule has 1 fully saturated rings. The molecule has 1 saturated heterocycles. The third kappa shape index (κ3) is 4.72. The van der Waals surface area contributed by atoms with Crippen LogP contribution in [0.5, 0.6) is 0 Å². The molecule has 1 unspecified atom stereocenters. The van der Waals surface area contributed by atoms with Gasteiger partial charge in [-0.2, -0.15) is 13.2 Å². The topological polar surface area (TPSA) is 80.1 Å². The van der Waals surface area contributed by atoms with Crippen molar-refractivity contribution in [3.63, 3.8) is 0 Å². The first-order chi connectivity index (χ1) is 13.7. The molecule has 1 aliphatic rings. The Hall–Kier alpha value is -2.98. The summed E-state index contributed by atoms with van der Waals surface area (Å²) in [5, 5.41) is 9.65. The lowest BCUT2D eigenvalue weighted by atomic mass is 9.97. The Morgan fingerprint density at radius 2 is 1.93 bits per heavy atom. The summed E-state index contributed by atoms with van der Waals surface area (Å²) in [4.78, 5) is 25.2. The highest BCUT2D eigenvalue weighted by atomic mass is 19.4. The number of nitrogens with zero attached hydrogens (tertiary/aromatic N) is 4. The molecule has 7 nitrogen and oxygen atoms in total. The van der Waals surface area contributed by atoms with Crippen LogP contribution in [0.15, 0.2) is 24.3 Å². The molecule has 0 spiro atoms. The number of hydrogen-bond acceptors (Lipinski definition) is 4. The van der Waals surface area contributed by atoms with Gasteiger partial charge in [-0.15, -0.1) is 5.10 Å². The fourth-order valence-corrected chi connectivity index (χ4v) is 3.30. The molecule has 3 rings (SSSR count). The highest BCUT2D eigenvalue weighted by molar-refractivity contribution is 5.93. The van der Waals surface area contributed by atoms with E-state index in [4.69, 9.17) is 0 Å². The first-order valence-corrected chi connectivity index (χ1v) is 8.99. The van der Waals surface area contributed by atoms with Crippen molar-refractivity contribution in [2.45, 2.75) is 25.9 Å². The third-order valence-corrected chi connectivity index (χ3v) is 4.66. The molecule has 2 aromatic rings. The molecule has 0 saturated carbocycles. The maximum atomic E-state index is 13.7. The van der Waals surface area contributed by atoms with Crippen LogP contribution in [0.3, 0.4) is 0 Å². The standard InChI is InChI=1S/C18H19F4N5O2/c1-11(28)23-9-12-3-2-8-26(10-12)17(29)15-16(18(20,21)22)27(25-24-15)14-6-4-13(19)5-7-14/h4-7,12H,2-3,8-10H2,1H3,(H,23,28). The number of benzene rings is 1. The normalized spacial score (nSPS) is 17.3. The molecule has 1 aromatic carbocycles. The van der Waals surface area contributed by atoms with Crippen LogP contribution in [0.1, 0.15) is 35.9 Å². The van der Waals surface area contributed by atoms with Crippen LogP contribution in [-0.4, -0.2) is 51.3 Å². The predicted octanol–water partition coefficient (Wildman–Crippen LogP) is 2.41. The van der Waals surface area contributed by atoms with E-state index in [0.29, 0.717) is 17.6 Å². The maximum absolute atomic E-state index is 13.7. The predicted molar refractivity (Wildman–Crippen MR) is 93.6 cm³/mol. The van der Waals surface area contributed by atoms with Crippen molar-refractivity contribution in [1.82, 2.24) is 25.2 Å². The Morgan fingerprint density at radius 1 is 1.24 bits per heavy atom. The van der Waals surface area contributed by atoms with Gasteiger partial charge in [0.05, 0.1) is 5.69 Å². The SMILES string of the molecule is CC(=O)NCC1CCCN(C(=O)c2nnn(-c3ccc(F)cc3)c2C(F)(F)F)C1. The van der Waals surface area contributed by atoms with Crippen LogP contribution in [0.2, 0.25) is 0 Å². The lowest BCUT2D eigenvalue weighted by Crippen LogP contribution is -2.44. The maximum Gasteiger partial charge on any atom is 0.435 e. The van der Waals surface area contributed by atoms with Gasteiger partial charge < -0.3 is 10.2 Å². The van der Waals surface area contributed by atoms with Gasteiger partial charge in [-0.05, 0) is 43.0 Å². The Labute approximate surface area is 163 Å². The number of halogens is 4. The van der Waals surface area contributed by atoms with Crippen molar-refractivity contribution in [2.75, 3.05) is 19.6 Å². The van der Waals surface area contributed by atoms with E-state index in [9.17, 15) is 27.2 Å². The molecule has 11 heteroatoms. The van der Waals surface area contributed by atoms with E-state index in [1.165, 1.54) is 11.8 Å². The van der Waals surface area contributed by atoms with E-state index in [1.807, 2.05) is 0 Å². The molecule has 1 atom stereocenters. The number of nitrogens with one attached hydrogen (secondary N) is 1. The van der Waals surface area contributed by atoms with Crippen molar-refractivity contribution < 1.29 is 27.2 Å². The zero-order valence-corrected chi connectivity index (χ0v) is 15.5. The lowest BCUT2D eigenvalue weighted by Gasteiger charge is -2.32. The number of carbonyl (C=O) groups excluding carboxylic acids is 2. The second-order valence-electron chi connectivity index (χ2n) is 6.87. The average molecular weight is 413 g/mol. The van der Waals surface area contributed by atoms with E-state index in [0.717, 1.165) is 30.7 Å². The fraction of sp³-hybridized carbons (Fsp3) is 0.444. The number of likely N-dealkylation sites (tertiary alicyclic amines) is 1. The molecule has 156 valence electrons. The molecule has 1 N–H and O–H groups in total. The third-order valence-electron chi connectivity index (χ3n) is 4.66. The van der Waals surface area contributed by atoms with Gasteiger partial charge in [0.25, 0.3) is 5.91 Å². The minimum absolute atomic E-state index is 0.0573. The van der Waals surface area contributed by atoms with Gasteiger partial charge >= 0.3 is 6.18 Å². The number of amides is 2. The molecular formula is C18H19F4N5O2. The van der Waals surface area contributed by atoms with Gasteiger partial charge in [0.15, 0.2) is 11.4 Å². The summed E-state index contributed by atoms with van der Waals surface area (Å²) < 4.78 is 54.8. The zero-order chi connectivity index (χ0) is 21.2. The number of aromatic nitrogens is 3. The van der Waals surface area contributed by atoms with Crippen molar-refractivity contribution in [3.05, 3.63) is 41.5 Å². The largest absolute Gasteiger partial charge is 0.435 e. The summed E-state index contributed by atoms with van der Waals surface area (Å²) in [6.45, 7) is 2.21. The van der Waals surface area contributed by atoms with Crippen LogP contribution >= 0.6 is 0 Å². The van der Waals surface area contributed by atoms with Crippen LogP contribution < -0.4 is 5.32 Å². The minimum Gasteiger partial charge on any atom is -0.356 e. The number of carbonyl (C=O) groups is 2. The Kier molecular flexibility index (Phi) is 5.85. The molecule has 0 bridgehead atoms. The summed E-state index contributed by atoms with van der Waals surface area (Å²) in [6, 6.07) is 4.24. The average Bonchev–Trinajstić information content (AvgIpc) is 3.12. The number of piperidine rings is 1. The Morgan fingerprint density at radius 3 is 2.55 bits per heavy atom. The number of rotatable bonds is 4. The van der Waals surface area contributed by atoms with Crippen LogP contribution in [0, 0.1) is 11.7 Å². The van der Waals surface area contributed by atoms with Crippen molar-refractivity contribution in [3.8, 4) is 5.69 Å². The Bertz CT molecular complexity index is 895. The molecule has 0 aliphatic carbocycles. The van der Waals surface area contributed by atoms with E-state index < -0.39 is 29.3 Å². The van der Waals surface area contributed by atoms with Crippen molar-refractivity contribution >= 4 is 11.8 Å². The molecule has 1 aliphatic heterocycles. The molecule has 1 aromatic heterocycles. The van der Waals surface area contributed by atoms with E-state index in [2.05, 4.69) is 15.6 Å². The van der Waals surface area contributed by atoms with Gasteiger partial charge in [-0.1, -0.05) is 5.21 Å². The second-order valence-corrected chi connectivity index (χ2v) is 6.87. The van der Waals surface area contributed by atoms with Gasteiger partial charge in [0.1, 0.15) is 5.82 Å². The summed E-state index contributed by atoms with van der Waals surface area (Å²) in [5.41, 5.74) is -2.17. The number of alkyl halides is 3. The number of hydrogen-bond donors (Lipinski definition) is 1. The van der Waals surface area contributed by atoms with Crippen LogP contribution in [0.25, 0.3) is 5.69 Å². The first-order valence-electron chi connectivity index (χ1n) is 8.99. The fourth-order valence-electron chi connectivity index (χ4n) is 3.30. The van der Waals surface area contributed by atoms with Crippen molar-refractivity contribution in [1.29, 1.82) is 0 Å². The quantitative estimate of drug-likeness (QED) is 0.781. The zero-order valence-electron chi connectivity index (χ0n) is 15.5. The first kappa shape index (κ1) is 20.7. The van der Waals surface area contributed by atoms with E-state index in [-0.39, 0.29) is 30.6 Å². The molecule has 0 radical (unpaired) electrons. The smallest absolute Gasteiger partial charge is 0.356 e. The van der Waals surface area contributed by atoms with E-state index in [1.54, 1.807) is 0 Å². The summed E-state index contributed by atoms with van der Waals surface area (Å²) in [5.74, 6) is -1.76. The highest BCUT2D eigenvalue weighted by Crippen LogP contribution is 2.33. The Balaban J connectivity index is 1.89. The van der Waals surface area contributed by atoms with Crippen LogP contribution in [0.4, 0.5) is 17.6 Å². The van der Waals surface area contributed by atoms with Crippen LogP contribution in [-0.2, 0) is 11.0 Å². The monoisotopic (exact) mass is 413 g/mol. The van der Waals surface area contributed by atoms with Gasteiger partial charge in [-0.3, -0.25) is 9.59 Å². The summed E-state index contributed by atoms with van der Waals surface area (Å²) in [6.07, 6.45) is -3.55. The summed E-state index contributed by atoms with van der Waals surface area (Å²) in [7, 11) is 0. The minimum atomic E-state index is -4.89. The second kappa shape index (κ2) is 8.18. The molecule has 2 heterocycles. The molecule has 29 heavy (non-hydrogen) atoms. The van der Waals surface area contributed by atoms with Gasteiger partial charge in [0, 0.05) is 26.6 Å².